The molecule has 0 aliphatic carbocycles. The molecule has 10 nitrogen and oxygen atoms in total. The van der Waals surface area contributed by atoms with Gasteiger partial charge in [-0.25, -0.2) is 15.3 Å². The zero-order valence-electron chi connectivity index (χ0n) is 15.7. The molecule has 0 aliphatic rings. The van der Waals surface area contributed by atoms with E-state index in [1.807, 2.05) is 29.2 Å². The standard InChI is InChI=1S/C18H24N6O4/c1-2-3-4-11-28-14-7-5-13(6-8-14)12-20-22-15(25)9-10-19-16-17(26)21-18(27)24-23-16/h5-8,12H,2-4,9-11H2,1H3,(H,19,23)(H,22,25)(H2,21,24,26,27)/b20-12+. The molecule has 1 amide bonds. The van der Waals surface area contributed by atoms with Gasteiger partial charge in [-0.3, -0.25) is 14.6 Å². The quantitative estimate of drug-likeness (QED) is 0.257. The lowest BCUT2D eigenvalue weighted by atomic mass is 10.2. The molecular formula is C18H24N6O4. The summed E-state index contributed by atoms with van der Waals surface area (Å²) in [5.41, 5.74) is 1.87. The lowest BCUT2D eigenvalue weighted by Gasteiger charge is -2.05. The van der Waals surface area contributed by atoms with Gasteiger partial charge in [0.25, 0.3) is 5.56 Å². The summed E-state index contributed by atoms with van der Waals surface area (Å²) in [6.07, 6.45) is 4.94. The molecule has 10 heteroatoms. The molecule has 1 aromatic carbocycles. The number of aromatic amines is 2. The Morgan fingerprint density at radius 3 is 2.75 bits per heavy atom. The average Bonchev–Trinajstić information content (AvgIpc) is 2.68. The van der Waals surface area contributed by atoms with E-state index in [0.29, 0.717) is 6.61 Å². The molecule has 0 saturated carbocycles. The van der Waals surface area contributed by atoms with Gasteiger partial charge in [-0.1, -0.05) is 19.8 Å². The first-order valence-electron chi connectivity index (χ1n) is 9.06. The van der Waals surface area contributed by atoms with Crippen molar-refractivity contribution >= 4 is 17.9 Å². The van der Waals surface area contributed by atoms with Crippen molar-refractivity contribution in [3.63, 3.8) is 0 Å². The van der Waals surface area contributed by atoms with Crippen LogP contribution in [0.5, 0.6) is 5.75 Å². The Balaban J connectivity index is 1.69. The molecule has 0 bridgehead atoms. The fourth-order valence-electron chi connectivity index (χ4n) is 2.19. The van der Waals surface area contributed by atoms with E-state index in [0.717, 1.165) is 30.6 Å². The van der Waals surface area contributed by atoms with Gasteiger partial charge in [0.05, 0.1) is 12.8 Å². The normalized spacial score (nSPS) is 10.8. The molecule has 1 aromatic heterocycles. The number of unbranched alkanes of at least 4 members (excludes halogenated alkanes) is 2. The summed E-state index contributed by atoms with van der Waals surface area (Å²) in [5, 5.41) is 12.2. The van der Waals surface area contributed by atoms with Gasteiger partial charge in [0, 0.05) is 13.0 Å². The first-order chi connectivity index (χ1) is 13.6. The molecule has 0 saturated heterocycles. The largest absolute Gasteiger partial charge is 0.494 e. The Bertz CT molecular complexity index is 888. The average molecular weight is 388 g/mol. The SMILES string of the molecule is CCCCCOc1ccc(/C=N/NC(=O)CCNc2n[nH]c(=O)[nH]c2=O)cc1. The van der Waals surface area contributed by atoms with Crippen LogP contribution in [0.1, 0.15) is 38.2 Å². The van der Waals surface area contributed by atoms with E-state index >= 15 is 0 Å². The molecule has 2 aromatic rings. The van der Waals surface area contributed by atoms with Crippen LogP contribution >= 0.6 is 0 Å². The highest BCUT2D eigenvalue weighted by molar-refractivity contribution is 5.82. The van der Waals surface area contributed by atoms with Crippen LogP contribution in [0.25, 0.3) is 0 Å². The molecule has 1 heterocycles. The fraction of sp³-hybridized carbons (Fsp3) is 0.389. The first kappa shape index (κ1) is 20.9. The number of nitrogens with zero attached hydrogens (tertiary/aromatic N) is 2. The third kappa shape index (κ3) is 7.44. The lowest BCUT2D eigenvalue weighted by molar-refractivity contribution is -0.120. The van der Waals surface area contributed by atoms with Crippen LogP contribution in [-0.4, -0.2) is 40.5 Å². The van der Waals surface area contributed by atoms with Crippen molar-refractivity contribution in [3.8, 4) is 5.75 Å². The molecule has 0 fully saturated rings. The van der Waals surface area contributed by atoms with Crippen molar-refractivity contribution < 1.29 is 9.53 Å². The summed E-state index contributed by atoms with van der Waals surface area (Å²) in [5.74, 6) is 0.405. The number of carbonyl (C=O) groups is 1. The summed E-state index contributed by atoms with van der Waals surface area (Å²) < 4.78 is 5.63. The molecule has 0 radical (unpaired) electrons. The summed E-state index contributed by atoms with van der Waals surface area (Å²) in [6.45, 7) is 3.01. The number of hydrogen-bond donors (Lipinski definition) is 4. The van der Waals surface area contributed by atoms with E-state index < -0.39 is 11.2 Å². The molecule has 4 N–H and O–H groups in total. The van der Waals surface area contributed by atoms with Gasteiger partial charge >= 0.3 is 5.69 Å². The number of amides is 1. The minimum Gasteiger partial charge on any atom is -0.494 e. The van der Waals surface area contributed by atoms with Crippen LogP contribution in [0.15, 0.2) is 39.0 Å². The van der Waals surface area contributed by atoms with Gasteiger partial charge in [0.15, 0.2) is 0 Å². The van der Waals surface area contributed by atoms with Gasteiger partial charge in [-0.2, -0.15) is 5.10 Å². The number of H-pyrrole nitrogens is 2. The molecule has 28 heavy (non-hydrogen) atoms. The number of anilines is 1. The van der Waals surface area contributed by atoms with Crippen molar-refractivity contribution in [2.24, 2.45) is 5.10 Å². The molecular weight excluding hydrogens is 364 g/mol. The smallest absolute Gasteiger partial charge is 0.342 e. The second-order valence-electron chi connectivity index (χ2n) is 5.95. The Labute approximate surface area is 161 Å². The molecule has 0 atom stereocenters. The maximum Gasteiger partial charge on any atom is 0.342 e. The van der Waals surface area contributed by atoms with Crippen LogP contribution in [0.4, 0.5) is 5.82 Å². The van der Waals surface area contributed by atoms with E-state index in [-0.39, 0.29) is 24.7 Å². The Hall–Kier alpha value is -3.43. The van der Waals surface area contributed by atoms with Crippen molar-refractivity contribution in [3.05, 3.63) is 50.7 Å². The zero-order chi connectivity index (χ0) is 20.2. The molecule has 0 unspecified atom stereocenters. The fourth-order valence-corrected chi connectivity index (χ4v) is 2.19. The number of rotatable bonds is 11. The third-order valence-electron chi connectivity index (χ3n) is 3.66. The molecule has 150 valence electrons. The number of nitrogens with one attached hydrogen (secondary N) is 4. The minimum atomic E-state index is -0.696. The molecule has 0 aliphatic heterocycles. The van der Waals surface area contributed by atoms with Gasteiger partial charge in [0.2, 0.25) is 11.7 Å². The second-order valence-corrected chi connectivity index (χ2v) is 5.95. The Kier molecular flexibility index (Phi) is 8.44. The summed E-state index contributed by atoms with van der Waals surface area (Å²) in [7, 11) is 0. The van der Waals surface area contributed by atoms with E-state index in [4.69, 9.17) is 4.74 Å². The van der Waals surface area contributed by atoms with Gasteiger partial charge in [-0.15, -0.1) is 5.10 Å². The van der Waals surface area contributed by atoms with Crippen molar-refractivity contribution in [2.75, 3.05) is 18.5 Å². The number of aromatic nitrogens is 3. The predicted octanol–water partition coefficient (Wildman–Crippen LogP) is 0.980. The highest BCUT2D eigenvalue weighted by atomic mass is 16.5. The van der Waals surface area contributed by atoms with E-state index in [9.17, 15) is 14.4 Å². The minimum absolute atomic E-state index is 0.0621. The highest BCUT2D eigenvalue weighted by Gasteiger charge is 2.03. The maximum atomic E-state index is 11.7. The van der Waals surface area contributed by atoms with E-state index in [2.05, 4.69) is 33.0 Å². The number of carbonyl (C=O) groups excluding carboxylic acids is 1. The lowest BCUT2D eigenvalue weighted by Crippen LogP contribution is -2.28. The summed E-state index contributed by atoms with van der Waals surface area (Å²) in [4.78, 5) is 36.0. The van der Waals surface area contributed by atoms with E-state index in [1.165, 1.54) is 6.21 Å². The summed E-state index contributed by atoms with van der Waals surface area (Å²) >= 11 is 0. The topological polar surface area (TPSA) is 141 Å². The van der Waals surface area contributed by atoms with Crippen LogP contribution in [-0.2, 0) is 4.79 Å². The number of ether oxygens (including phenoxy) is 1. The summed E-state index contributed by atoms with van der Waals surface area (Å²) in [6, 6.07) is 7.41. The highest BCUT2D eigenvalue weighted by Crippen LogP contribution is 2.11. The van der Waals surface area contributed by atoms with Crippen LogP contribution in [0, 0.1) is 0 Å². The first-order valence-corrected chi connectivity index (χ1v) is 9.06. The van der Waals surface area contributed by atoms with Gasteiger partial charge < -0.3 is 10.1 Å². The Morgan fingerprint density at radius 1 is 1.25 bits per heavy atom. The number of hydrogen-bond acceptors (Lipinski definition) is 7. The van der Waals surface area contributed by atoms with Crippen molar-refractivity contribution in [2.45, 2.75) is 32.6 Å². The monoisotopic (exact) mass is 388 g/mol. The van der Waals surface area contributed by atoms with Crippen LogP contribution in [0.3, 0.4) is 0 Å². The van der Waals surface area contributed by atoms with Crippen molar-refractivity contribution in [1.82, 2.24) is 20.6 Å². The van der Waals surface area contributed by atoms with Crippen LogP contribution < -0.4 is 26.7 Å². The molecule has 2 rings (SSSR count). The second kappa shape index (κ2) is 11.3. The number of benzene rings is 1. The van der Waals surface area contributed by atoms with Crippen molar-refractivity contribution in [1.29, 1.82) is 0 Å². The molecule has 0 spiro atoms. The van der Waals surface area contributed by atoms with Gasteiger partial charge in [0.1, 0.15) is 5.75 Å². The number of hydrazone groups is 1. The predicted molar refractivity (Wildman–Crippen MR) is 106 cm³/mol. The Morgan fingerprint density at radius 2 is 2.04 bits per heavy atom. The maximum absolute atomic E-state index is 11.7. The van der Waals surface area contributed by atoms with Gasteiger partial charge in [-0.05, 0) is 36.2 Å². The van der Waals surface area contributed by atoms with E-state index in [1.54, 1.807) is 0 Å². The van der Waals surface area contributed by atoms with Crippen LogP contribution in [0.2, 0.25) is 0 Å². The third-order valence-corrected chi connectivity index (χ3v) is 3.66. The zero-order valence-corrected chi connectivity index (χ0v) is 15.7.